The summed E-state index contributed by atoms with van der Waals surface area (Å²) in [7, 11) is 0. The van der Waals surface area contributed by atoms with Crippen LogP contribution in [0.1, 0.15) is 39.9 Å². The summed E-state index contributed by atoms with van der Waals surface area (Å²) < 4.78 is 5.32. The van der Waals surface area contributed by atoms with Crippen molar-refractivity contribution < 1.29 is 19.1 Å². The molecule has 0 aliphatic carbocycles. The molecule has 0 radical (unpaired) electrons. The third-order valence-electron chi connectivity index (χ3n) is 5.91. The molecule has 0 aromatic heterocycles. The number of carbonyl (C=O) groups is 3. The summed E-state index contributed by atoms with van der Waals surface area (Å²) in [5, 5.41) is 5.74. The highest BCUT2D eigenvalue weighted by Gasteiger charge is 2.51. The number of carbonyl (C=O) groups excluding carboxylic acids is 3. The molecule has 2 fully saturated rings. The van der Waals surface area contributed by atoms with E-state index < -0.39 is 5.54 Å². The molecule has 1 spiro atoms. The summed E-state index contributed by atoms with van der Waals surface area (Å²) in [5.74, 6) is -0.409. The SMILES string of the molecule is Cc1ccc(NC(=O)c2ccc(CN3C(=O)NC4(CCOCC4)C3=O)cc2)cc1C. The van der Waals surface area contributed by atoms with Gasteiger partial charge < -0.3 is 15.4 Å². The van der Waals surface area contributed by atoms with Gasteiger partial charge in [-0.2, -0.15) is 0 Å². The maximum absolute atomic E-state index is 12.8. The lowest BCUT2D eigenvalue weighted by atomic mass is 9.90. The number of aryl methyl sites for hydroxylation is 2. The molecule has 7 heteroatoms. The van der Waals surface area contributed by atoms with Crippen molar-refractivity contribution in [1.29, 1.82) is 0 Å². The first-order chi connectivity index (χ1) is 14.4. The first kappa shape index (κ1) is 20.1. The van der Waals surface area contributed by atoms with Gasteiger partial charge in [0.1, 0.15) is 5.54 Å². The molecular weight excluding hydrogens is 382 g/mol. The van der Waals surface area contributed by atoms with Gasteiger partial charge in [-0.05, 0) is 54.8 Å². The molecular formula is C23H25N3O4. The van der Waals surface area contributed by atoms with E-state index in [1.807, 2.05) is 32.0 Å². The molecule has 2 saturated heterocycles. The maximum Gasteiger partial charge on any atom is 0.325 e. The van der Waals surface area contributed by atoms with Gasteiger partial charge in [-0.25, -0.2) is 4.79 Å². The number of hydrogen-bond acceptors (Lipinski definition) is 4. The largest absolute Gasteiger partial charge is 0.381 e. The van der Waals surface area contributed by atoms with E-state index in [1.54, 1.807) is 24.3 Å². The number of nitrogens with zero attached hydrogens (tertiary/aromatic N) is 1. The van der Waals surface area contributed by atoms with Gasteiger partial charge in [0.05, 0.1) is 6.54 Å². The Labute approximate surface area is 175 Å². The maximum atomic E-state index is 12.8. The number of rotatable bonds is 4. The van der Waals surface area contributed by atoms with Crippen LogP contribution in [-0.2, 0) is 16.1 Å². The van der Waals surface area contributed by atoms with Gasteiger partial charge >= 0.3 is 6.03 Å². The van der Waals surface area contributed by atoms with Gasteiger partial charge in [0, 0.05) is 37.3 Å². The van der Waals surface area contributed by atoms with Crippen molar-refractivity contribution in [3.63, 3.8) is 0 Å². The summed E-state index contributed by atoms with van der Waals surface area (Å²) in [5.41, 5.74) is 3.48. The van der Waals surface area contributed by atoms with E-state index in [4.69, 9.17) is 4.74 Å². The van der Waals surface area contributed by atoms with Crippen LogP contribution < -0.4 is 10.6 Å². The highest BCUT2D eigenvalue weighted by Crippen LogP contribution is 2.29. The van der Waals surface area contributed by atoms with Gasteiger partial charge in [0.15, 0.2) is 0 Å². The molecule has 2 aliphatic heterocycles. The van der Waals surface area contributed by atoms with Crippen LogP contribution in [0, 0.1) is 13.8 Å². The van der Waals surface area contributed by atoms with Gasteiger partial charge in [0.25, 0.3) is 11.8 Å². The van der Waals surface area contributed by atoms with Crippen LogP contribution in [0.25, 0.3) is 0 Å². The molecule has 156 valence electrons. The van der Waals surface area contributed by atoms with Gasteiger partial charge in [-0.1, -0.05) is 18.2 Å². The van der Waals surface area contributed by atoms with Crippen LogP contribution in [0.3, 0.4) is 0 Å². The monoisotopic (exact) mass is 407 g/mol. The molecule has 0 atom stereocenters. The van der Waals surface area contributed by atoms with E-state index in [0.717, 1.165) is 16.8 Å². The van der Waals surface area contributed by atoms with Crippen molar-refractivity contribution in [2.24, 2.45) is 0 Å². The van der Waals surface area contributed by atoms with Gasteiger partial charge in [-0.3, -0.25) is 14.5 Å². The number of imide groups is 1. The first-order valence-corrected chi connectivity index (χ1v) is 10.1. The Morgan fingerprint density at radius 1 is 1.07 bits per heavy atom. The number of hydrogen-bond donors (Lipinski definition) is 2. The van der Waals surface area contributed by atoms with E-state index in [2.05, 4.69) is 10.6 Å². The minimum Gasteiger partial charge on any atom is -0.381 e. The van der Waals surface area contributed by atoms with Crippen LogP contribution in [0.4, 0.5) is 10.5 Å². The highest BCUT2D eigenvalue weighted by molar-refractivity contribution is 6.07. The van der Waals surface area contributed by atoms with E-state index in [9.17, 15) is 14.4 Å². The highest BCUT2D eigenvalue weighted by atomic mass is 16.5. The number of anilines is 1. The van der Waals surface area contributed by atoms with Crippen molar-refractivity contribution in [3.05, 3.63) is 64.7 Å². The van der Waals surface area contributed by atoms with Crippen LogP contribution in [-0.4, -0.2) is 41.5 Å². The van der Waals surface area contributed by atoms with Crippen molar-refractivity contribution in [2.45, 2.75) is 38.8 Å². The summed E-state index contributed by atoms with van der Waals surface area (Å²) in [6.45, 7) is 5.12. The average Bonchev–Trinajstić information content (AvgIpc) is 2.95. The zero-order valence-electron chi connectivity index (χ0n) is 17.2. The number of nitrogens with one attached hydrogen (secondary N) is 2. The van der Waals surface area contributed by atoms with Crippen LogP contribution in [0.15, 0.2) is 42.5 Å². The summed E-state index contributed by atoms with van der Waals surface area (Å²) in [6, 6.07) is 12.3. The summed E-state index contributed by atoms with van der Waals surface area (Å²) >= 11 is 0. The normalized spacial score (nSPS) is 17.9. The molecule has 0 unspecified atom stereocenters. The molecule has 0 saturated carbocycles. The standard InChI is InChI=1S/C23H25N3O4/c1-15-3-8-19(13-16(15)2)24-20(27)18-6-4-17(5-7-18)14-26-21(28)23(25-22(26)29)9-11-30-12-10-23/h3-8,13H,9-12,14H2,1-2H3,(H,24,27)(H,25,29). The topological polar surface area (TPSA) is 87.7 Å². The Hall–Kier alpha value is -3.19. The van der Waals surface area contributed by atoms with Gasteiger partial charge in [-0.15, -0.1) is 0 Å². The van der Waals surface area contributed by atoms with Crippen LogP contribution in [0.5, 0.6) is 0 Å². The van der Waals surface area contributed by atoms with Crippen molar-refractivity contribution in [3.8, 4) is 0 Å². The molecule has 7 nitrogen and oxygen atoms in total. The number of benzene rings is 2. The number of ether oxygens (including phenoxy) is 1. The fourth-order valence-electron chi connectivity index (χ4n) is 3.85. The predicted molar refractivity (Wildman–Crippen MR) is 112 cm³/mol. The quantitative estimate of drug-likeness (QED) is 0.762. The lowest BCUT2D eigenvalue weighted by Crippen LogP contribution is -2.51. The first-order valence-electron chi connectivity index (χ1n) is 10.1. The third-order valence-corrected chi connectivity index (χ3v) is 5.91. The third kappa shape index (κ3) is 3.80. The minimum atomic E-state index is -0.832. The molecule has 0 bridgehead atoms. The molecule has 4 amide bonds. The summed E-state index contributed by atoms with van der Waals surface area (Å²) in [4.78, 5) is 39.0. The van der Waals surface area contributed by atoms with Crippen molar-refractivity contribution in [1.82, 2.24) is 10.2 Å². The Morgan fingerprint density at radius 2 is 1.77 bits per heavy atom. The molecule has 2 aromatic rings. The predicted octanol–water partition coefficient (Wildman–Crippen LogP) is 3.16. The van der Waals surface area contributed by atoms with Crippen LogP contribution in [0.2, 0.25) is 0 Å². The van der Waals surface area contributed by atoms with Crippen molar-refractivity contribution in [2.75, 3.05) is 18.5 Å². The lowest BCUT2D eigenvalue weighted by molar-refractivity contribution is -0.134. The molecule has 4 rings (SSSR count). The second kappa shape index (κ2) is 7.91. The zero-order valence-corrected chi connectivity index (χ0v) is 17.2. The molecule has 2 aliphatic rings. The molecule has 2 heterocycles. The van der Waals surface area contributed by atoms with E-state index in [1.165, 1.54) is 10.5 Å². The molecule has 30 heavy (non-hydrogen) atoms. The minimum absolute atomic E-state index is 0.173. The Morgan fingerprint density at radius 3 is 2.43 bits per heavy atom. The van der Waals surface area contributed by atoms with E-state index in [0.29, 0.717) is 31.6 Å². The fraction of sp³-hybridized carbons (Fsp3) is 0.348. The average molecular weight is 407 g/mol. The second-order valence-corrected chi connectivity index (χ2v) is 7.97. The fourth-order valence-corrected chi connectivity index (χ4v) is 3.85. The smallest absolute Gasteiger partial charge is 0.325 e. The molecule has 2 N–H and O–H groups in total. The van der Waals surface area contributed by atoms with Crippen LogP contribution >= 0.6 is 0 Å². The Kier molecular flexibility index (Phi) is 5.30. The lowest BCUT2D eigenvalue weighted by Gasteiger charge is -2.30. The van der Waals surface area contributed by atoms with Gasteiger partial charge in [0.2, 0.25) is 0 Å². The summed E-state index contributed by atoms with van der Waals surface area (Å²) in [6.07, 6.45) is 0.983. The van der Waals surface area contributed by atoms with Crippen molar-refractivity contribution >= 4 is 23.5 Å². The number of amides is 4. The van der Waals surface area contributed by atoms with E-state index in [-0.39, 0.29) is 24.4 Å². The zero-order chi connectivity index (χ0) is 21.3. The Bertz CT molecular complexity index is 994. The Balaban J connectivity index is 1.42. The number of urea groups is 1. The second-order valence-electron chi connectivity index (χ2n) is 7.97. The van der Waals surface area contributed by atoms with E-state index >= 15 is 0 Å². The molecule has 2 aromatic carbocycles.